The fraction of sp³-hybridized carbons (Fsp3) is 1.00. The van der Waals surface area contributed by atoms with Gasteiger partial charge >= 0.3 is 0 Å². The molecule has 1 unspecified atom stereocenters. The first-order valence-electron chi connectivity index (χ1n) is 3.40. The van der Waals surface area contributed by atoms with Gasteiger partial charge in [-0.3, -0.25) is 0 Å². The van der Waals surface area contributed by atoms with Crippen LogP contribution in [0, 0.1) is 5.92 Å². The van der Waals surface area contributed by atoms with E-state index >= 15 is 0 Å². The van der Waals surface area contributed by atoms with Crippen molar-refractivity contribution in [2.24, 2.45) is 5.92 Å². The summed E-state index contributed by atoms with van der Waals surface area (Å²) in [6, 6.07) is 0. The number of sulfone groups is 1. The minimum absolute atomic E-state index is 0.301. The normalized spacial score (nSPS) is 30.7. The van der Waals surface area contributed by atoms with Crippen LogP contribution in [0.25, 0.3) is 5.32 Å². The van der Waals surface area contributed by atoms with Crippen LogP contribution in [0.1, 0.15) is 6.42 Å². The minimum Gasteiger partial charge on any atom is -0.665 e. The monoisotopic (exact) mass is 162 g/mol. The van der Waals surface area contributed by atoms with Crippen LogP contribution in [0.5, 0.6) is 0 Å². The molecule has 1 saturated heterocycles. The lowest BCUT2D eigenvalue weighted by atomic mass is 10.1. The van der Waals surface area contributed by atoms with E-state index in [-0.39, 0.29) is 0 Å². The maximum atomic E-state index is 10.9. The zero-order chi connectivity index (χ0) is 7.61. The maximum absolute atomic E-state index is 10.9. The summed E-state index contributed by atoms with van der Waals surface area (Å²) in [5.74, 6) is 1.02. The van der Waals surface area contributed by atoms with Crippen molar-refractivity contribution in [2.75, 3.05) is 25.1 Å². The SMILES string of the molecule is C[N-]CC1CCS(=O)(=O)C1. The van der Waals surface area contributed by atoms with Gasteiger partial charge < -0.3 is 5.32 Å². The lowest BCUT2D eigenvalue weighted by Crippen LogP contribution is -2.07. The van der Waals surface area contributed by atoms with Crippen LogP contribution in [0.15, 0.2) is 0 Å². The highest BCUT2D eigenvalue weighted by atomic mass is 32.2. The van der Waals surface area contributed by atoms with Gasteiger partial charge in [0.25, 0.3) is 0 Å². The van der Waals surface area contributed by atoms with E-state index in [4.69, 9.17) is 0 Å². The number of nitrogens with zero attached hydrogens (tertiary/aromatic N) is 1. The Morgan fingerprint density at radius 1 is 1.60 bits per heavy atom. The second kappa shape index (κ2) is 2.88. The molecular weight excluding hydrogens is 150 g/mol. The van der Waals surface area contributed by atoms with Crippen molar-refractivity contribution in [3.8, 4) is 0 Å². The highest BCUT2D eigenvalue weighted by molar-refractivity contribution is 7.91. The molecule has 0 bridgehead atoms. The molecule has 0 aromatic heterocycles. The van der Waals surface area contributed by atoms with Crippen LogP contribution in [-0.4, -0.2) is 33.5 Å². The third-order valence-electron chi connectivity index (χ3n) is 1.77. The Morgan fingerprint density at radius 3 is 2.70 bits per heavy atom. The van der Waals surface area contributed by atoms with Crippen molar-refractivity contribution in [1.82, 2.24) is 0 Å². The van der Waals surface area contributed by atoms with Gasteiger partial charge in [0.05, 0.1) is 11.5 Å². The van der Waals surface area contributed by atoms with E-state index in [9.17, 15) is 8.42 Å². The van der Waals surface area contributed by atoms with Gasteiger partial charge in [-0.2, -0.15) is 7.05 Å². The Balaban J connectivity index is 2.44. The van der Waals surface area contributed by atoms with Crippen molar-refractivity contribution in [2.45, 2.75) is 6.42 Å². The lowest BCUT2D eigenvalue weighted by molar-refractivity contribution is 0.597. The largest absolute Gasteiger partial charge is 0.665 e. The first-order valence-corrected chi connectivity index (χ1v) is 5.22. The molecule has 10 heavy (non-hydrogen) atoms. The zero-order valence-electron chi connectivity index (χ0n) is 6.08. The van der Waals surface area contributed by atoms with Gasteiger partial charge in [-0.25, -0.2) is 8.42 Å². The van der Waals surface area contributed by atoms with E-state index in [1.165, 1.54) is 0 Å². The van der Waals surface area contributed by atoms with Crippen LogP contribution in [0.3, 0.4) is 0 Å². The Hall–Kier alpha value is -0.0900. The molecule has 0 radical (unpaired) electrons. The maximum Gasteiger partial charge on any atom is 0.150 e. The summed E-state index contributed by atoms with van der Waals surface area (Å²) in [5.41, 5.74) is 0. The highest BCUT2D eigenvalue weighted by Gasteiger charge is 2.24. The van der Waals surface area contributed by atoms with Crippen LogP contribution >= 0.6 is 0 Å². The fourth-order valence-electron chi connectivity index (χ4n) is 1.27. The Kier molecular flexibility index (Phi) is 2.31. The van der Waals surface area contributed by atoms with E-state index in [1.54, 1.807) is 7.05 Å². The molecule has 4 heteroatoms. The average Bonchev–Trinajstić information content (AvgIpc) is 2.12. The van der Waals surface area contributed by atoms with Crippen LogP contribution < -0.4 is 0 Å². The highest BCUT2D eigenvalue weighted by Crippen LogP contribution is 2.18. The molecule has 3 nitrogen and oxygen atoms in total. The number of rotatable bonds is 2. The fourth-order valence-corrected chi connectivity index (χ4v) is 3.12. The molecule has 0 aliphatic carbocycles. The first-order chi connectivity index (χ1) is 4.64. The van der Waals surface area contributed by atoms with Gasteiger partial charge in [0.1, 0.15) is 0 Å². The predicted octanol–water partition coefficient (Wildman–Crippen LogP) is 0.425. The Bertz CT molecular complexity index is 198. The molecule has 0 spiro atoms. The molecule has 1 fully saturated rings. The standard InChI is InChI=1S/C6H12NO2S/c1-7-4-6-2-3-10(8,9)5-6/h6H,2-5H2,1H3/q-1. The molecule has 1 heterocycles. The molecule has 0 amide bonds. The second-order valence-electron chi connectivity index (χ2n) is 2.77. The minimum atomic E-state index is -2.68. The third kappa shape index (κ3) is 1.95. The molecule has 1 aliphatic rings. The summed E-state index contributed by atoms with van der Waals surface area (Å²) >= 11 is 0. The number of hydrogen-bond donors (Lipinski definition) is 0. The molecule has 0 aromatic rings. The van der Waals surface area contributed by atoms with Gasteiger partial charge in [0.15, 0.2) is 9.84 Å². The number of hydrogen-bond acceptors (Lipinski definition) is 2. The van der Waals surface area contributed by atoms with E-state index in [1.807, 2.05) is 0 Å². The second-order valence-corrected chi connectivity index (χ2v) is 5.00. The third-order valence-corrected chi connectivity index (χ3v) is 3.60. The van der Waals surface area contributed by atoms with Gasteiger partial charge in [-0.05, 0) is 12.3 Å². The Labute approximate surface area is 61.7 Å². The Morgan fingerprint density at radius 2 is 2.30 bits per heavy atom. The van der Waals surface area contributed by atoms with E-state index < -0.39 is 9.84 Å². The van der Waals surface area contributed by atoms with E-state index in [2.05, 4.69) is 5.32 Å². The lowest BCUT2D eigenvalue weighted by Gasteiger charge is -2.15. The predicted molar refractivity (Wildman–Crippen MR) is 40.9 cm³/mol. The molecule has 0 N–H and O–H groups in total. The van der Waals surface area contributed by atoms with Gasteiger partial charge in [-0.1, -0.05) is 0 Å². The molecule has 60 valence electrons. The van der Waals surface area contributed by atoms with Crippen molar-refractivity contribution in [1.29, 1.82) is 0 Å². The molecule has 0 aromatic carbocycles. The first kappa shape index (κ1) is 8.01. The van der Waals surface area contributed by atoms with Crippen LogP contribution in [0.2, 0.25) is 0 Å². The smallest absolute Gasteiger partial charge is 0.150 e. The summed E-state index contributed by atoms with van der Waals surface area (Å²) in [6.45, 7) is 0.708. The quantitative estimate of drug-likeness (QED) is 0.591. The summed E-state index contributed by atoms with van der Waals surface area (Å²) in [5, 5.41) is 3.92. The van der Waals surface area contributed by atoms with Gasteiger partial charge in [0.2, 0.25) is 0 Å². The molecular formula is C6H12NO2S-. The topological polar surface area (TPSA) is 48.2 Å². The summed E-state index contributed by atoms with van der Waals surface area (Å²) in [4.78, 5) is 0. The zero-order valence-corrected chi connectivity index (χ0v) is 6.89. The molecule has 1 aliphatic heterocycles. The molecule has 0 saturated carbocycles. The van der Waals surface area contributed by atoms with Crippen molar-refractivity contribution in [3.05, 3.63) is 5.32 Å². The van der Waals surface area contributed by atoms with Crippen molar-refractivity contribution in [3.63, 3.8) is 0 Å². The molecule has 1 atom stereocenters. The average molecular weight is 162 g/mol. The van der Waals surface area contributed by atoms with E-state index in [0.717, 1.165) is 6.42 Å². The summed E-state index contributed by atoms with van der Waals surface area (Å²) in [6.07, 6.45) is 0.805. The summed E-state index contributed by atoms with van der Waals surface area (Å²) in [7, 11) is -0.951. The molecule has 1 rings (SSSR count). The van der Waals surface area contributed by atoms with Crippen LogP contribution in [0.4, 0.5) is 0 Å². The van der Waals surface area contributed by atoms with Crippen LogP contribution in [-0.2, 0) is 9.84 Å². The van der Waals surface area contributed by atoms with Gasteiger partial charge in [-0.15, -0.1) is 6.54 Å². The summed E-state index contributed by atoms with van der Waals surface area (Å²) < 4.78 is 21.7. The van der Waals surface area contributed by atoms with Crippen molar-refractivity contribution < 1.29 is 8.42 Å². The van der Waals surface area contributed by atoms with Crippen molar-refractivity contribution >= 4 is 9.84 Å². The van der Waals surface area contributed by atoms with E-state index in [0.29, 0.717) is 24.0 Å². The van der Waals surface area contributed by atoms with Gasteiger partial charge in [0, 0.05) is 0 Å².